The molecule has 0 bridgehead atoms. The number of carbonyl (C=O) groups excluding carboxylic acids is 1. The second-order valence-electron chi connectivity index (χ2n) is 6.38. The molecule has 1 saturated carbocycles. The molecular weight excluding hydrogens is 292 g/mol. The van der Waals surface area contributed by atoms with E-state index in [9.17, 15) is 4.79 Å². The Morgan fingerprint density at radius 3 is 2.23 bits per heavy atom. The number of nitrogens with zero attached hydrogens (tertiary/aromatic N) is 1. The van der Waals surface area contributed by atoms with Crippen LogP contribution in [0.5, 0.6) is 0 Å². The van der Waals surface area contributed by atoms with Crippen molar-refractivity contribution in [2.45, 2.75) is 61.5 Å². The maximum atomic E-state index is 12.3. The molecule has 4 heteroatoms. The molecule has 1 N–H and O–H groups in total. The fraction of sp³-hybridized carbons (Fsp3) is 0.611. The molecule has 1 aromatic rings. The smallest absolute Gasteiger partial charge is 0.321 e. The van der Waals surface area contributed by atoms with Crippen LogP contribution in [0.1, 0.15) is 51.4 Å². The Bertz CT molecular complexity index is 474. The van der Waals surface area contributed by atoms with E-state index in [0.717, 1.165) is 36.9 Å². The van der Waals surface area contributed by atoms with E-state index in [4.69, 9.17) is 0 Å². The van der Waals surface area contributed by atoms with E-state index in [1.807, 2.05) is 28.8 Å². The van der Waals surface area contributed by atoms with Gasteiger partial charge in [-0.15, -0.1) is 11.8 Å². The van der Waals surface area contributed by atoms with Gasteiger partial charge in [-0.25, -0.2) is 4.79 Å². The Kier molecular flexibility index (Phi) is 5.65. The summed E-state index contributed by atoms with van der Waals surface area (Å²) in [5.74, 6) is 0. The molecule has 2 aliphatic rings. The van der Waals surface area contributed by atoms with Crippen LogP contribution in [0, 0.1) is 0 Å². The topological polar surface area (TPSA) is 32.3 Å². The lowest BCUT2D eigenvalue weighted by Crippen LogP contribution is -2.35. The first kappa shape index (κ1) is 15.7. The lowest BCUT2D eigenvalue weighted by Gasteiger charge is -2.20. The fourth-order valence-electron chi connectivity index (χ4n) is 3.29. The predicted octanol–water partition coefficient (Wildman–Crippen LogP) is 5.13. The number of hydrogen-bond donors (Lipinski definition) is 1. The van der Waals surface area contributed by atoms with E-state index in [0.29, 0.717) is 0 Å². The minimum absolute atomic E-state index is 0.0538. The largest absolute Gasteiger partial charge is 0.325 e. The quantitative estimate of drug-likeness (QED) is 0.838. The lowest BCUT2D eigenvalue weighted by molar-refractivity contribution is 0.214. The van der Waals surface area contributed by atoms with E-state index in [-0.39, 0.29) is 6.03 Å². The van der Waals surface area contributed by atoms with Gasteiger partial charge in [0.1, 0.15) is 0 Å². The van der Waals surface area contributed by atoms with Gasteiger partial charge >= 0.3 is 6.03 Å². The van der Waals surface area contributed by atoms with Crippen LogP contribution in [0.15, 0.2) is 29.2 Å². The summed E-state index contributed by atoms with van der Waals surface area (Å²) in [5, 5.41) is 3.83. The zero-order valence-electron chi connectivity index (χ0n) is 13.2. The molecule has 1 heterocycles. The molecule has 0 aromatic heterocycles. The number of rotatable bonds is 3. The maximum absolute atomic E-state index is 12.3. The number of amides is 2. The summed E-state index contributed by atoms with van der Waals surface area (Å²) in [6.45, 7) is 1.78. The standard InChI is InChI=1S/C18H26N2OS/c21-18(20-13-5-1-2-6-14-20)19-15-9-11-17(12-10-15)22-16-7-3-4-8-16/h9-12,16H,1-8,13-14H2,(H,19,21). The summed E-state index contributed by atoms with van der Waals surface area (Å²) >= 11 is 1.99. The van der Waals surface area contributed by atoms with Crippen LogP contribution in [0.2, 0.25) is 0 Å². The highest BCUT2D eigenvalue weighted by Gasteiger charge is 2.17. The maximum Gasteiger partial charge on any atom is 0.321 e. The summed E-state index contributed by atoms with van der Waals surface area (Å²) in [6.07, 6.45) is 10.2. The van der Waals surface area contributed by atoms with E-state index in [1.165, 1.54) is 43.4 Å². The number of carbonyl (C=O) groups is 1. The molecule has 3 nitrogen and oxygen atoms in total. The van der Waals surface area contributed by atoms with Crippen molar-refractivity contribution in [2.75, 3.05) is 18.4 Å². The van der Waals surface area contributed by atoms with Crippen molar-refractivity contribution < 1.29 is 4.79 Å². The molecular formula is C18H26N2OS. The van der Waals surface area contributed by atoms with Crippen molar-refractivity contribution >= 4 is 23.5 Å². The van der Waals surface area contributed by atoms with E-state index in [2.05, 4.69) is 17.4 Å². The molecule has 0 atom stereocenters. The number of benzene rings is 1. The number of nitrogens with one attached hydrogen (secondary N) is 1. The number of thioether (sulfide) groups is 1. The van der Waals surface area contributed by atoms with E-state index in [1.54, 1.807) is 0 Å². The first-order chi connectivity index (χ1) is 10.8. The van der Waals surface area contributed by atoms with Gasteiger partial charge in [-0.2, -0.15) is 0 Å². The second-order valence-corrected chi connectivity index (χ2v) is 7.75. The third-order valence-corrected chi connectivity index (χ3v) is 5.95. The third kappa shape index (κ3) is 4.42. The van der Waals surface area contributed by atoms with Crippen LogP contribution in [0.25, 0.3) is 0 Å². The SMILES string of the molecule is O=C(Nc1ccc(SC2CCCC2)cc1)N1CCCCCC1. The Morgan fingerprint density at radius 2 is 1.59 bits per heavy atom. The van der Waals surface area contributed by atoms with E-state index >= 15 is 0 Å². The van der Waals surface area contributed by atoms with Gasteiger partial charge < -0.3 is 10.2 Å². The van der Waals surface area contributed by atoms with Gasteiger partial charge in [0.15, 0.2) is 0 Å². The lowest BCUT2D eigenvalue weighted by atomic mass is 10.2. The molecule has 2 fully saturated rings. The average Bonchev–Trinajstić information content (AvgIpc) is 2.88. The summed E-state index contributed by atoms with van der Waals surface area (Å²) in [5.41, 5.74) is 0.907. The second kappa shape index (κ2) is 7.91. The normalized spacial score (nSPS) is 19.9. The molecule has 0 unspecified atom stereocenters. The number of hydrogen-bond acceptors (Lipinski definition) is 2. The minimum Gasteiger partial charge on any atom is -0.325 e. The van der Waals surface area contributed by atoms with Gasteiger partial charge in [0, 0.05) is 28.9 Å². The molecule has 1 aliphatic carbocycles. The molecule has 2 amide bonds. The van der Waals surface area contributed by atoms with Gasteiger partial charge in [-0.3, -0.25) is 0 Å². The molecule has 0 spiro atoms. The molecule has 120 valence electrons. The summed E-state index contributed by atoms with van der Waals surface area (Å²) in [4.78, 5) is 15.6. The molecule has 0 radical (unpaired) electrons. The minimum atomic E-state index is 0.0538. The van der Waals surface area contributed by atoms with Crippen molar-refractivity contribution in [1.82, 2.24) is 4.90 Å². The van der Waals surface area contributed by atoms with Crippen LogP contribution >= 0.6 is 11.8 Å². The Hall–Kier alpha value is -1.16. The first-order valence-corrected chi connectivity index (χ1v) is 9.52. The highest BCUT2D eigenvalue weighted by Crippen LogP contribution is 2.34. The van der Waals surface area contributed by atoms with Gasteiger partial charge in [-0.1, -0.05) is 25.7 Å². The zero-order chi connectivity index (χ0) is 15.2. The highest BCUT2D eigenvalue weighted by molar-refractivity contribution is 8.00. The van der Waals surface area contributed by atoms with Crippen molar-refractivity contribution in [3.63, 3.8) is 0 Å². The van der Waals surface area contributed by atoms with Crippen molar-refractivity contribution in [3.05, 3.63) is 24.3 Å². The van der Waals surface area contributed by atoms with Crippen LogP contribution in [-0.4, -0.2) is 29.3 Å². The van der Waals surface area contributed by atoms with E-state index < -0.39 is 0 Å². The van der Waals surface area contributed by atoms with Crippen LogP contribution in [0.3, 0.4) is 0 Å². The molecule has 3 rings (SSSR count). The Morgan fingerprint density at radius 1 is 0.955 bits per heavy atom. The van der Waals surface area contributed by atoms with Crippen LogP contribution in [0.4, 0.5) is 10.5 Å². The molecule has 1 aromatic carbocycles. The first-order valence-electron chi connectivity index (χ1n) is 8.64. The van der Waals surface area contributed by atoms with Gasteiger partial charge in [-0.05, 0) is 49.9 Å². The predicted molar refractivity (Wildman–Crippen MR) is 93.6 cm³/mol. The van der Waals surface area contributed by atoms with Gasteiger partial charge in [0.2, 0.25) is 0 Å². The summed E-state index contributed by atoms with van der Waals surface area (Å²) < 4.78 is 0. The summed E-state index contributed by atoms with van der Waals surface area (Å²) in [6, 6.07) is 8.40. The number of anilines is 1. The molecule has 1 aliphatic heterocycles. The Labute approximate surface area is 137 Å². The number of urea groups is 1. The van der Waals surface area contributed by atoms with Crippen molar-refractivity contribution in [2.24, 2.45) is 0 Å². The third-order valence-electron chi connectivity index (χ3n) is 4.60. The van der Waals surface area contributed by atoms with Crippen molar-refractivity contribution in [3.8, 4) is 0 Å². The summed E-state index contributed by atoms with van der Waals surface area (Å²) in [7, 11) is 0. The molecule has 22 heavy (non-hydrogen) atoms. The van der Waals surface area contributed by atoms with Gasteiger partial charge in [0.05, 0.1) is 0 Å². The monoisotopic (exact) mass is 318 g/mol. The van der Waals surface area contributed by atoms with Crippen molar-refractivity contribution in [1.29, 1.82) is 0 Å². The van der Waals surface area contributed by atoms with Crippen LogP contribution < -0.4 is 5.32 Å². The van der Waals surface area contributed by atoms with Gasteiger partial charge in [0.25, 0.3) is 0 Å². The number of likely N-dealkylation sites (tertiary alicyclic amines) is 1. The fourth-order valence-corrected chi connectivity index (χ4v) is 4.54. The Balaban J connectivity index is 1.52. The highest BCUT2D eigenvalue weighted by atomic mass is 32.2. The van der Waals surface area contributed by atoms with Crippen LogP contribution in [-0.2, 0) is 0 Å². The molecule has 1 saturated heterocycles. The average molecular weight is 318 g/mol. The zero-order valence-corrected chi connectivity index (χ0v) is 14.0.